The predicted molar refractivity (Wildman–Crippen MR) is 82.3 cm³/mol. The van der Waals surface area contributed by atoms with Crippen molar-refractivity contribution in [2.45, 2.75) is 43.4 Å². The Labute approximate surface area is 138 Å². The van der Waals surface area contributed by atoms with Crippen LogP contribution in [0.15, 0.2) is 24.3 Å². The van der Waals surface area contributed by atoms with Crippen molar-refractivity contribution in [3.8, 4) is 0 Å². The highest BCUT2D eigenvalue weighted by atomic mass is 19.4. The zero-order valence-electron chi connectivity index (χ0n) is 13.2. The summed E-state index contributed by atoms with van der Waals surface area (Å²) in [6, 6.07) is 4.64. The summed E-state index contributed by atoms with van der Waals surface area (Å²) in [5, 5.41) is 2.81. The first-order chi connectivity index (χ1) is 11.4. The van der Waals surface area contributed by atoms with E-state index in [0.717, 1.165) is 18.9 Å². The van der Waals surface area contributed by atoms with E-state index in [1.54, 1.807) is 6.07 Å². The normalized spacial score (nSPS) is 26.0. The Morgan fingerprint density at radius 1 is 1.25 bits per heavy atom. The van der Waals surface area contributed by atoms with Crippen LogP contribution in [0.5, 0.6) is 0 Å². The summed E-state index contributed by atoms with van der Waals surface area (Å²) in [6.07, 6.45) is -2.40. The molecular weight excluding hydrogens is 321 g/mol. The number of amides is 1. The number of benzene rings is 1. The van der Waals surface area contributed by atoms with Crippen molar-refractivity contribution < 1.29 is 22.7 Å². The van der Waals surface area contributed by atoms with E-state index in [1.807, 2.05) is 0 Å². The number of halogens is 3. The molecule has 3 atom stereocenters. The van der Waals surface area contributed by atoms with Crippen LogP contribution in [-0.4, -0.2) is 31.2 Å². The van der Waals surface area contributed by atoms with Crippen molar-refractivity contribution in [1.29, 1.82) is 0 Å². The molecule has 3 unspecified atom stereocenters. The fourth-order valence-corrected chi connectivity index (χ4v) is 3.34. The molecule has 0 aromatic heterocycles. The third kappa shape index (κ3) is 3.72. The van der Waals surface area contributed by atoms with E-state index in [2.05, 4.69) is 5.32 Å². The van der Waals surface area contributed by atoms with Crippen molar-refractivity contribution in [2.24, 2.45) is 11.7 Å². The number of nitrogens with two attached hydrogens (primary N) is 1. The minimum absolute atomic E-state index is 0.0680. The van der Waals surface area contributed by atoms with Crippen LogP contribution in [0.1, 0.15) is 36.3 Å². The van der Waals surface area contributed by atoms with Crippen LogP contribution < -0.4 is 11.1 Å². The molecule has 0 spiro atoms. The lowest BCUT2D eigenvalue weighted by atomic mass is 9.92. The van der Waals surface area contributed by atoms with Gasteiger partial charge in [0.2, 0.25) is 5.91 Å². The Hall–Kier alpha value is -1.60. The molecule has 2 aliphatic rings. The molecule has 1 saturated carbocycles. The van der Waals surface area contributed by atoms with Gasteiger partial charge in [0.25, 0.3) is 0 Å². The van der Waals surface area contributed by atoms with Crippen LogP contribution in [0.4, 0.5) is 13.2 Å². The molecule has 1 aromatic rings. The highest BCUT2D eigenvalue weighted by molar-refractivity contribution is 5.82. The second kappa shape index (κ2) is 6.72. The number of carbonyl (C=O) groups is 1. The summed E-state index contributed by atoms with van der Waals surface area (Å²) >= 11 is 0. The SMILES string of the molecule is NC(C(=O)NC1CC1c1ccccc1C(F)(F)F)C1CCOCC1. The van der Waals surface area contributed by atoms with Crippen LogP contribution in [0.2, 0.25) is 0 Å². The topological polar surface area (TPSA) is 64.4 Å². The van der Waals surface area contributed by atoms with E-state index in [9.17, 15) is 18.0 Å². The Morgan fingerprint density at radius 2 is 1.92 bits per heavy atom. The van der Waals surface area contributed by atoms with Gasteiger partial charge in [-0.05, 0) is 36.8 Å². The molecule has 3 rings (SSSR count). The number of alkyl halides is 3. The molecule has 1 saturated heterocycles. The second-order valence-corrected chi connectivity index (χ2v) is 6.52. The lowest BCUT2D eigenvalue weighted by Crippen LogP contribution is -2.47. The third-order valence-corrected chi connectivity index (χ3v) is 4.86. The van der Waals surface area contributed by atoms with E-state index < -0.39 is 17.8 Å². The van der Waals surface area contributed by atoms with Crippen molar-refractivity contribution in [2.75, 3.05) is 13.2 Å². The fourth-order valence-electron chi connectivity index (χ4n) is 3.34. The maximum absolute atomic E-state index is 13.1. The van der Waals surface area contributed by atoms with Gasteiger partial charge in [-0.2, -0.15) is 13.2 Å². The van der Waals surface area contributed by atoms with E-state index in [1.165, 1.54) is 12.1 Å². The summed E-state index contributed by atoms with van der Waals surface area (Å²) < 4.78 is 44.5. The first-order valence-corrected chi connectivity index (χ1v) is 8.17. The molecule has 1 aliphatic carbocycles. The van der Waals surface area contributed by atoms with E-state index >= 15 is 0 Å². The molecule has 2 fully saturated rings. The van der Waals surface area contributed by atoms with Crippen molar-refractivity contribution in [3.05, 3.63) is 35.4 Å². The molecule has 0 radical (unpaired) electrons. The first kappa shape index (κ1) is 17.2. The highest BCUT2D eigenvalue weighted by Gasteiger charge is 2.45. The third-order valence-electron chi connectivity index (χ3n) is 4.86. The molecule has 132 valence electrons. The highest BCUT2D eigenvalue weighted by Crippen LogP contribution is 2.46. The monoisotopic (exact) mass is 342 g/mol. The van der Waals surface area contributed by atoms with Crippen molar-refractivity contribution in [1.82, 2.24) is 5.32 Å². The summed E-state index contributed by atoms with van der Waals surface area (Å²) in [5.41, 5.74) is 5.62. The zero-order chi connectivity index (χ0) is 17.3. The summed E-state index contributed by atoms with van der Waals surface area (Å²) in [5.74, 6) is -0.508. The number of carbonyl (C=O) groups excluding carboxylic acids is 1. The van der Waals surface area contributed by atoms with Crippen LogP contribution in [-0.2, 0) is 15.7 Å². The van der Waals surface area contributed by atoms with E-state index in [-0.39, 0.29) is 29.3 Å². The molecule has 3 N–H and O–H groups in total. The number of rotatable bonds is 4. The Bertz CT molecular complexity index is 600. The van der Waals surface area contributed by atoms with E-state index in [4.69, 9.17) is 10.5 Å². The molecule has 24 heavy (non-hydrogen) atoms. The number of nitrogens with one attached hydrogen (secondary N) is 1. The Balaban J connectivity index is 1.61. The Morgan fingerprint density at radius 3 is 2.58 bits per heavy atom. The van der Waals surface area contributed by atoms with Gasteiger partial charge < -0.3 is 15.8 Å². The lowest BCUT2D eigenvalue weighted by molar-refractivity contribution is -0.138. The first-order valence-electron chi connectivity index (χ1n) is 8.17. The molecule has 1 heterocycles. The lowest BCUT2D eigenvalue weighted by Gasteiger charge is -2.26. The van der Waals surface area contributed by atoms with Crippen LogP contribution >= 0.6 is 0 Å². The maximum atomic E-state index is 13.1. The number of hydrogen-bond acceptors (Lipinski definition) is 3. The van der Waals surface area contributed by atoms with Gasteiger partial charge in [0.15, 0.2) is 0 Å². The average Bonchev–Trinajstić information content (AvgIpc) is 3.33. The smallest absolute Gasteiger partial charge is 0.381 e. The van der Waals surface area contributed by atoms with Crippen LogP contribution in [0.3, 0.4) is 0 Å². The largest absolute Gasteiger partial charge is 0.416 e. The van der Waals surface area contributed by atoms with Gasteiger partial charge in [0.05, 0.1) is 11.6 Å². The van der Waals surface area contributed by atoms with Crippen LogP contribution in [0.25, 0.3) is 0 Å². The Kier molecular flexibility index (Phi) is 4.83. The van der Waals surface area contributed by atoms with Gasteiger partial charge >= 0.3 is 6.18 Å². The average molecular weight is 342 g/mol. The molecule has 4 nitrogen and oxygen atoms in total. The van der Waals surface area contributed by atoms with Gasteiger partial charge in [0, 0.05) is 25.2 Å². The number of hydrogen-bond donors (Lipinski definition) is 2. The fraction of sp³-hybridized carbons (Fsp3) is 0.588. The molecule has 7 heteroatoms. The summed E-state index contributed by atoms with van der Waals surface area (Å²) in [4.78, 5) is 12.3. The molecule has 1 aliphatic heterocycles. The standard InChI is InChI=1S/C17H21F3N2O2/c18-17(19,20)13-4-2-1-3-11(13)12-9-14(12)22-16(23)15(21)10-5-7-24-8-6-10/h1-4,10,12,14-15H,5-9,21H2,(H,22,23). The number of ether oxygens (including phenoxy) is 1. The van der Waals surface area contributed by atoms with Crippen LogP contribution in [0, 0.1) is 5.92 Å². The molecular formula is C17H21F3N2O2. The van der Waals surface area contributed by atoms with Gasteiger partial charge in [-0.25, -0.2) is 0 Å². The second-order valence-electron chi connectivity index (χ2n) is 6.52. The van der Waals surface area contributed by atoms with Gasteiger partial charge in [-0.1, -0.05) is 18.2 Å². The van der Waals surface area contributed by atoms with Gasteiger partial charge in [0.1, 0.15) is 0 Å². The quantitative estimate of drug-likeness (QED) is 0.883. The van der Waals surface area contributed by atoms with Gasteiger partial charge in [-0.15, -0.1) is 0 Å². The maximum Gasteiger partial charge on any atom is 0.416 e. The van der Waals surface area contributed by atoms with Crippen molar-refractivity contribution >= 4 is 5.91 Å². The summed E-state index contributed by atoms with van der Waals surface area (Å²) in [6.45, 7) is 1.19. The zero-order valence-corrected chi connectivity index (χ0v) is 13.2. The molecule has 1 aromatic carbocycles. The minimum atomic E-state index is -4.38. The predicted octanol–water partition coefficient (Wildman–Crippen LogP) is 2.43. The molecule has 1 amide bonds. The van der Waals surface area contributed by atoms with Crippen molar-refractivity contribution in [3.63, 3.8) is 0 Å². The van der Waals surface area contributed by atoms with Gasteiger partial charge in [-0.3, -0.25) is 4.79 Å². The minimum Gasteiger partial charge on any atom is -0.381 e. The van der Waals surface area contributed by atoms with E-state index in [0.29, 0.717) is 19.6 Å². The summed E-state index contributed by atoms with van der Waals surface area (Å²) in [7, 11) is 0. The molecule has 0 bridgehead atoms.